The number of halogens is 1. The average Bonchev–Trinajstić information content (AvgIpc) is 2.33. The van der Waals surface area contributed by atoms with Crippen molar-refractivity contribution >= 4 is 21.7 Å². The molecular weight excluding hydrogens is 284 g/mol. The third kappa shape index (κ3) is 2.71. The van der Waals surface area contributed by atoms with Crippen LogP contribution in [0.3, 0.4) is 0 Å². The molecule has 2 rings (SSSR count). The molecule has 0 aliphatic rings. The van der Waals surface area contributed by atoms with Crippen molar-refractivity contribution in [2.24, 2.45) is 0 Å². The van der Waals surface area contributed by atoms with E-state index in [2.05, 4.69) is 36.2 Å². The monoisotopic (exact) mass is 294 g/mol. The molecule has 0 fully saturated rings. The van der Waals surface area contributed by atoms with Crippen molar-refractivity contribution in [1.29, 1.82) is 0 Å². The van der Waals surface area contributed by atoms with Crippen LogP contribution in [-0.4, -0.2) is 15.0 Å². The van der Waals surface area contributed by atoms with Crippen LogP contribution in [0.2, 0.25) is 0 Å². The second kappa shape index (κ2) is 5.09. The summed E-state index contributed by atoms with van der Waals surface area (Å²) in [6, 6.07) is 3.88. The lowest BCUT2D eigenvalue weighted by Gasteiger charge is -2.07. The Morgan fingerprint density at radius 3 is 3.06 bits per heavy atom. The van der Waals surface area contributed by atoms with Gasteiger partial charge in [0.15, 0.2) is 0 Å². The van der Waals surface area contributed by atoms with Crippen LogP contribution in [0.1, 0.15) is 11.3 Å². The molecule has 0 spiro atoms. The van der Waals surface area contributed by atoms with Gasteiger partial charge >= 0.3 is 0 Å². The summed E-state index contributed by atoms with van der Waals surface area (Å²) in [6.45, 7) is 2.52. The molecule has 0 bridgehead atoms. The van der Waals surface area contributed by atoms with Crippen molar-refractivity contribution in [2.75, 3.05) is 5.32 Å². The first-order chi connectivity index (χ1) is 8.18. The molecule has 0 radical (unpaired) electrons. The maximum absolute atomic E-state index is 11.3. The van der Waals surface area contributed by atoms with Crippen molar-refractivity contribution in [3.8, 4) is 0 Å². The van der Waals surface area contributed by atoms with Gasteiger partial charge < -0.3 is 10.3 Å². The normalized spacial score (nSPS) is 10.2. The quantitative estimate of drug-likeness (QED) is 0.906. The molecule has 2 heterocycles. The van der Waals surface area contributed by atoms with Gasteiger partial charge in [-0.2, -0.15) is 0 Å². The van der Waals surface area contributed by atoms with Crippen LogP contribution in [0.15, 0.2) is 33.9 Å². The molecule has 0 aromatic carbocycles. The lowest BCUT2D eigenvalue weighted by Crippen LogP contribution is -2.12. The Balaban J connectivity index is 2.16. The molecule has 0 saturated heterocycles. The zero-order valence-corrected chi connectivity index (χ0v) is 10.8. The number of nitrogens with zero attached hydrogens (tertiary/aromatic N) is 2. The van der Waals surface area contributed by atoms with E-state index in [0.29, 0.717) is 16.8 Å². The molecule has 5 nitrogen and oxygen atoms in total. The van der Waals surface area contributed by atoms with E-state index < -0.39 is 0 Å². The lowest BCUT2D eigenvalue weighted by molar-refractivity contribution is 0.988. The van der Waals surface area contributed by atoms with E-state index in [4.69, 9.17) is 0 Å². The van der Waals surface area contributed by atoms with Gasteiger partial charge in [0.2, 0.25) is 0 Å². The van der Waals surface area contributed by atoms with Gasteiger partial charge in [-0.05, 0) is 34.5 Å². The van der Waals surface area contributed by atoms with Gasteiger partial charge in [-0.3, -0.25) is 9.78 Å². The first-order valence-corrected chi connectivity index (χ1v) is 5.85. The third-order valence-electron chi connectivity index (χ3n) is 2.34. The van der Waals surface area contributed by atoms with Gasteiger partial charge in [-0.1, -0.05) is 6.07 Å². The summed E-state index contributed by atoms with van der Waals surface area (Å²) in [6.07, 6.45) is 3.10. The number of hydrogen-bond acceptors (Lipinski definition) is 4. The van der Waals surface area contributed by atoms with Crippen LogP contribution in [0, 0.1) is 6.92 Å². The minimum Gasteiger partial charge on any atom is -0.363 e. The van der Waals surface area contributed by atoms with Crippen LogP contribution in [0.4, 0.5) is 5.82 Å². The molecule has 0 aliphatic carbocycles. The number of aromatic nitrogens is 3. The lowest BCUT2D eigenvalue weighted by atomic mass is 10.2. The number of pyridine rings is 1. The summed E-state index contributed by atoms with van der Waals surface area (Å²) < 4.78 is 0.397. The highest BCUT2D eigenvalue weighted by atomic mass is 79.9. The second-order valence-electron chi connectivity index (χ2n) is 3.51. The molecule has 0 atom stereocenters. The fraction of sp³-hybridized carbons (Fsp3) is 0.182. The first-order valence-electron chi connectivity index (χ1n) is 5.06. The predicted molar refractivity (Wildman–Crippen MR) is 68.9 cm³/mol. The Hall–Kier alpha value is -1.69. The van der Waals surface area contributed by atoms with Crippen LogP contribution in [-0.2, 0) is 6.54 Å². The topological polar surface area (TPSA) is 70.7 Å². The highest BCUT2D eigenvalue weighted by molar-refractivity contribution is 9.10. The Morgan fingerprint density at radius 2 is 2.29 bits per heavy atom. The zero-order valence-electron chi connectivity index (χ0n) is 9.20. The number of aromatic amines is 1. The predicted octanol–water partition coefficient (Wildman–Crippen LogP) is 1.85. The van der Waals surface area contributed by atoms with Gasteiger partial charge in [-0.25, -0.2) is 4.98 Å². The van der Waals surface area contributed by atoms with Gasteiger partial charge in [0.1, 0.15) is 10.3 Å². The van der Waals surface area contributed by atoms with Crippen LogP contribution in [0.25, 0.3) is 0 Å². The average molecular weight is 295 g/mol. The fourth-order valence-corrected chi connectivity index (χ4v) is 1.73. The van der Waals surface area contributed by atoms with E-state index in [9.17, 15) is 4.79 Å². The number of hydrogen-bond donors (Lipinski definition) is 2. The van der Waals surface area contributed by atoms with Crippen molar-refractivity contribution in [1.82, 2.24) is 15.0 Å². The molecule has 0 saturated carbocycles. The molecule has 17 heavy (non-hydrogen) atoms. The third-order valence-corrected chi connectivity index (χ3v) is 3.07. The highest BCUT2D eigenvalue weighted by Crippen LogP contribution is 2.14. The molecule has 6 heteroatoms. The van der Waals surface area contributed by atoms with E-state index in [-0.39, 0.29) is 5.56 Å². The van der Waals surface area contributed by atoms with E-state index in [1.807, 2.05) is 19.1 Å². The minimum absolute atomic E-state index is 0.208. The van der Waals surface area contributed by atoms with Crippen molar-refractivity contribution in [3.63, 3.8) is 0 Å². The SMILES string of the molecule is Cc1cccnc1CNc1nc[nH]c(=O)c1Br. The van der Waals surface area contributed by atoms with Gasteiger partial charge in [-0.15, -0.1) is 0 Å². The summed E-state index contributed by atoms with van der Waals surface area (Å²) in [5, 5.41) is 3.07. The first kappa shape index (κ1) is 11.8. The molecule has 2 aromatic heterocycles. The number of rotatable bonds is 3. The molecule has 2 aromatic rings. The van der Waals surface area contributed by atoms with Crippen molar-refractivity contribution in [2.45, 2.75) is 13.5 Å². The van der Waals surface area contributed by atoms with E-state index in [1.165, 1.54) is 6.33 Å². The highest BCUT2D eigenvalue weighted by Gasteiger charge is 2.05. The van der Waals surface area contributed by atoms with E-state index in [1.54, 1.807) is 6.20 Å². The van der Waals surface area contributed by atoms with E-state index >= 15 is 0 Å². The largest absolute Gasteiger partial charge is 0.363 e. The minimum atomic E-state index is -0.208. The molecule has 0 unspecified atom stereocenters. The molecule has 2 N–H and O–H groups in total. The summed E-state index contributed by atoms with van der Waals surface area (Å²) in [7, 11) is 0. The fourth-order valence-electron chi connectivity index (χ4n) is 1.38. The maximum Gasteiger partial charge on any atom is 0.267 e. The number of nitrogens with one attached hydrogen (secondary N) is 2. The zero-order chi connectivity index (χ0) is 12.3. The smallest absolute Gasteiger partial charge is 0.267 e. The molecular formula is C11H11BrN4O. The number of H-pyrrole nitrogens is 1. The van der Waals surface area contributed by atoms with Gasteiger partial charge in [0, 0.05) is 6.20 Å². The van der Waals surface area contributed by atoms with Crippen LogP contribution in [0.5, 0.6) is 0 Å². The number of anilines is 1. The Labute approximate surface area is 106 Å². The van der Waals surface area contributed by atoms with Gasteiger partial charge in [0.05, 0.1) is 18.6 Å². The van der Waals surface area contributed by atoms with E-state index in [0.717, 1.165) is 11.3 Å². The van der Waals surface area contributed by atoms with Crippen molar-refractivity contribution < 1.29 is 0 Å². The number of aryl methyl sites for hydroxylation is 1. The van der Waals surface area contributed by atoms with Crippen LogP contribution >= 0.6 is 15.9 Å². The Bertz CT molecular complexity index is 582. The molecule has 88 valence electrons. The summed E-state index contributed by atoms with van der Waals surface area (Å²) >= 11 is 3.18. The molecule has 0 aliphatic heterocycles. The summed E-state index contributed by atoms with van der Waals surface area (Å²) in [5.74, 6) is 0.513. The van der Waals surface area contributed by atoms with Crippen molar-refractivity contribution in [3.05, 3.63) is 50.7 Å². The molecule has 0 amide bonds. The maximum atomic E-state index is 11.3. The summed E-state index contributed by atoms with van der Waals surface area (Å²) in [4.78, 5) is 22.1. The van der Waals surface area contributed by atoms with Crippen LogP contribution < -0.4 is 10.9 Å². The summed E-state index contributed by atoms with van der Waals surface area (Å²) in [5.41, 5.74) is 1.82. The Morgan fingerprint density at radius 1 is 1.47 bits per heavy atom. The van der Waals surface area contributed by atoms with Gasteiger partial charge in [0.25, 0.3) is 5.56 Å². The standard InChI is InChI=1S/C11H11BrN4O/c1-7-3-2-4-13-8(7)5-14-10-9(12)11(17)16-6-15-10/h2-4,6H,5H2,1H3,(H2,14,15,16,17). The second-order valence-corrected chi connectivity index (χ2v) is 4.31. The Kier molecular flexibility index (Phi) is 3.53.